The maximum atomic E-state index is 13.7. The highest BCUT2D eigenvalue weighted by atomic mass is 19.1. The number of rotatable bonds is 4. The van der Waals surface area contributed by atoms with Crippen LogP contribution >= 0.6 is 0 Å². The van der Waals surface area contributed by atoms with Crippen molar-refractivity contribution in [3.8, 4) is 0 Å². The number of nitrogens with one attached hydrogen (secondary N) is 1. The highest BCUT2D eigenvalue weighted by molar-refractivity contribution is 5.35. The van der Waals surface area contributed by atoms with Gasteiger partial charge in [0.15, 0.2) is 0 Å². The normalized spacial score (nSPS) is 24.3. The lowest BCUT2D eigenvalue weighted by atomic mass is 9.75. The van der Waals surface area contributed by atoms with Gasteiger partial charge in [0, 0.05) is 18.1 Å². The molecule has 1 N–H and O–H groups in total. The van der Waals surface area contributed by atoms with E-state index < -0.39 is 0 Å². The summed E-state index contributed by atoms with van der Waals surface area (Å²) in [4.78, 5) is 2.35. The van der Waals surface area contributed by atoms with E-state index in [1.54, 1.807) is 6.07 Å². The molecule has 0 spiro atoms. The van der Waals surface area contributed by atoms with Crippen LogP contribution in [-0.4, -0.2) is 31.1 Å². The number of halogens is 1. The number of nitrogens with zero attached hydrogens (tertiary/aromatic N) is 1. The lowest BCUT2D eigenvalue weighted by Crippen LogP contribution is -2.56. The van der Waals surface area contributed by atoms with E-state index in [0.717, 1.165) is 24.9 Å². The second-order valence-electron chi connectivity index (χ2n) is 6.25. The molecule has 0 heterocycles. The minimum atomic E-state index is -0.0345. The Balaban J connectivity index is 1.69. The van der Waals surface area contributed by atoms with Crippen molar-refractivity contribution in [3.63, 3.8) is 0 Å². The molecule has 0 radical (unpaired) electrons. The fourth-order valence-electron chi connectivity index (χ4n) is 3.50. The van der Waals surface area contributed by atoms with Gasteiger partial charge in [-0.15, -0.1) is 0 Å². The summed E-state index contributed by atoms with van der Waals surface area (Å²) < 4.78 is 13.7. The Labute approximate surface area is 115 Å². The largest absolute Gasteiger partial charge is 0.308 e. The van der Waals surface area contributed by atoms with Gasteiger partial charge in [-0.25, -0.2) is 4.39 Å². The average Bonchev–Trinajstić information content (AvgIpc) is 2.72. The molecule has 1 atom stereocenters. The smallest absolute Gasteiger partial charge is 0.126 e. The summed E-state index contributed by atoms with van der Waals surface area (Å²) in [6.07, 6.45) is 5.77. The zero-order chi connectivity index (χ0) is 13.5. The van der Waals surface area contributed by atoms with Crippen molar-refractivity contribution in [2.45, 2.75) is 43.7 Å². The van der Waals surface area contributed by atoms with Gasteiger partial charge >= 0.3 is 0 Å². The molecular weight excluding hydrogens is 239 g/mol. The lowest BCUT2D eigenvalue weighted by Gasteiger charge is -2.48. The Bertz CT molecular complexity index is 466. The molecule has 3 heteroatoms. The van der Waals surface area contributed by atoms with Gasteiger partial charge < -0.3 is 10.2 Å². The third-order valence-electron chi connectivity index (χ3n) is 5.12. The van der Waals surface area contributed by atoms with Crippen molar-refractivity contribution in [1.29, 1.82) is 0 Å². The average molecular weight is 262 g/mol. The molecule has 2 nitrogen and oxygen atoms in total. The fraction of sp³-hybridized carbons (Fsp3) is 0.625. The summed E-state index contributed by atoms with van der Waals surface area (Å²) in [5.74, 6) is -0.0345. The van der Waals surface area contributed by atoms with Crippen LogP contribution in [0, 0.1) is 5.82 Å². The van der Waals surface area contributed by atoms with Gasteiger partial charge in [-0.05, 0) is 63.4 Å². The first-order valence-electron chi connectivity index (χ1n) is 7.30. The van der Waals surface area contributed by atoms with Gasteiger partial charge in [-0.1, -0.05) is 12.1 Å². The molecule has 0 bridgehead atoms. The van der Waals surface area contributed by atoms with E-state index >= 15 is 0 Å². The third-order valence-corrected chi connectivity index (χ3v) is 5.12. The van der Waals surface area contributed by atoms with Gasteiger partial charge in [-0.3, -0.25) is 0 Å². The van der Waals surface area contributed by atoms with E-state index in [1.165, 1.54) is 24.8 Å². The molecule has 1 unspecified atom stereocenters. The number of hydrogen-bond donors (Lipinski definition) is 1. The Morgan fingerprint density at radius 3 is 2.79 bits per heavy atom. The molecule has 1 aromatic rings. The van der Waals surface area contributed by atoms with Crippen molar-refractivity contribution in [2.24, 2.45) is 0 Å². The van der Waals surface area contributed by atoms with Gasteiger partial charge in [0.1, 0.15) is 5.82 Å². The Kier molecular flexibility index (Phi) is 3.35. The minimum Gasteiger partial charge on any atom is -0.308 e. The zero-order valence-corrected chi connectivity index (χ0v) is 11.9. The maximum Gasteiger partial charge on any atom is 0.126 e. The molecule has 0 amide bonds. The number of hydrogen-bond acceptors (Lipinski definition) is 2. The highest BCUT2D eigenvalue weighted by Gasteiger charge is 2.39. The summed E-state index contributed by atoms with van der Waals surface area (Å²) in [7, 11) is 4.34. The van der Waals surface area contributed by atoms with Gasteiger partial charge in [0.25, 0.3) is 0 Å². The zero-order valence-electron chi connectivity index (χ0n) is 11.9. The van der Waals surface area contributed by atoms with Crippen molar-refractivity contribution in [2.75, 3.05) is 20.6 Å². The van der Waals surface area contributed by atoms with E-state index in [2.05, 4.69) is 30.4 Å². The standard InChI is InChI=1S/C16H23FN2/c1-19(2)16(9-4-10-16)11-18-15-8-7-12-13(15)5-3-6-14(12)17/h3,5-6,15,18H,4,7-11H2,1-2H3. The molecule has 19 heavy (non-hydrogen) atoms. The van der Waals surface area contributed by atoms with Crippen LogP contribution in [0.25, 0.3) is 0 Å². The summed E-state index contributed by atoms with van der Waals surface area (Å²) in [5, 5.41) is 3.68. The maximum absolute atomic E-state index is 13.7. The number of benzene rings is 1. The van der Waals surface area contributed by atoms with Crippen LogP contribution in [0.3, 0.4) is 0 Å². The molecule has 1 fully saturated rings. The van der Waals surface area contributed by atoms with Gasteiger partial charge in [0.2, 0.25) is 0 Å². The van der Waals surface area contributed by atoms with Crippen LogP contribution in [0.2, 0.25) is 0 Å². The Morgan fingerprint density at radius 2 is 2.16 bits per heavy atom. The van der Waals surface area contributed by atoms with Crippen LogP contribution in [-0.2, 0) is 6.42 Å². The first-order chi connectivity index (χ1) is 9.12. The summed E-state index contributed by atoms with van der Waals surface area (Å²) >= 11 is 0. The predicted octanol–water partition coefficient (Wildman–Crippen LogP) is 2.89. The Hall–Kier alpha value is -0.930. The number of fused-ring (bicyclic) bond motifs is 1. The van der Waals surface area contributed by atoms with E-state index in [0.29, 0.717) is 11.6 Å². The molecule has 2 aliphatic rings. The Morgan fingerprint density at radius 1 is 1.37 bits per heavy atom. The predicted molar refractivity (Wildman–Crippen MR) is 75.7 cm³/mol. The van der Waals surface area contributed by atoms with Crippen LogP contribution in [0.1, 0.15) is 42.9 Å². The van der Waals surface area contributed by atoms with Gasteiger partial charge in [0.05, 0.1) is 0 Å². The van der Waals surface area contributed by atoms with Crippen molar-refractivity contribution >= 4 is 0 Å². The topological polar surface area (TPSA) is 15.3 Å². The molecule has 3 rings (SSSR count). The summed E-state index contributed by atoms with van der Waals surface area (Å²) in [6.45, 7) is 1.01. The number of likely N-dealkylation sites (N-methyl/N-ethyl adjacent to an activating group) is 1. The molecule has 104 valence electrons. The second-order valence-corrected chi connectivity index (χ2v) is 6.25. The second kappa shape index (κ2) is 4.88. The fourth-order valence-corrected chi connectivity index (χ4v) is 3.50. The van der Waals surface area contributed by atoms with Crippen molar-refractivity contribution in [1.82, 2.24) is 10.2 Å². The third kappa shape index (κ3) is 2.19. The minimum absolute atomic E-state index is 0.0345. The first-order valence-corrected chi connectivity index (χ1v) is 7.30. The van der Waals surface area contributed by atoms with Crippen molar-refractivity contribution in [3.05, 3.63) is 35.1 Å². The highest BCUT2D eigenvalue weighted by Crippen LogP contribution is 2.38. The van der Waals surface area contributed by atoms with Gasteiger partial charge in [-0.2, -0.15) is 0 Å². The lowest BCUT2D eigenvalue weighted by molar-refractivity contribution is 0.0571. The summed E-state index contributed by atoms with van der Waals surface area (Å²) in [5.41, 5.74) is 2.43. The molecule has 2 aliphatic carbocycles. The SMILES string of the molecule is CN(C)C1(CNC2CCc3c(F)cccc32)CCC1. The van der Waals surface area contributed by atoms with Crippen LogP contribution in [0.4, 0.5) is 4.39 Å². The van der Waals surface area contributed by atoms with Crippen LogP contribution in [0.15, 0.2) is 18.2 Å². The first kappa shape index (κ1) is 13.1. The van der Waals surface area contributed by atoms with E-state index in [-0.39, 0.29) is 5.82 Å². The molecule has 0 aromatic heterocycles. The summed E-state index contributed by atoms with van der Waals surface area (Å²) in [6, 6.07) is 5.82. The van der Waals surface area contributed by atoms with Crippen LogP contribution < -0.4 is 5.32 Å². The molecule has 1 saturated carbocycles. The van der Waals surface area contributed by atoms with Crippen molar-refractivity contribution < 1.29 is 4.39 Å². The van der Waals surface area contributed by atoms with E-state index in [1.807, 2.05) is 6.07 Å². The van der Waals surface area contributed by atoms with Crippen LogP contribution in [0.5, 0.6) is 0 Å². The van der Waals surface area contributed by atoms with E-state index in [4.69, 9.17) is 0 Å². The molecular formula is C16H23FN2. The molecule has 1 aromatic carbocycles. The quantitative estimate of drug-likeness (QED) is 0.897. The molecule has 0 saturated heterocycles. The van der Waals surface area contributed by atoms with E-state index in [9.17, 15) is 4.39 Å². The monoisotopic (exact) mass is 262 g/mol. The molecule has 0 aliphatic heterocycles.